The molecule has 1 aromatic heterocycles. The molecule has 7 nitrogen and oxygen atoms in total. The zero-order valence-electron chi connectivity index (χ0n) is 11.2. The molecule has 106 valence electrons. The SMILES string of the molecule is COCc1cc(C(=O)Nc2cc(N)ccc2OC)no1. The van der Waals surface area contributed by atoms with Crippen LogP contribution in [-0.4, -0.2) is 25.3 Å². The third kappa shape index (κ3) is 3.07. The Morgan fingerprint density at radius 3 is 2.90 bits per heavy atom. The fourth-order valence-electron chi connectivity index (χ4n) is 1.64. The van der Waals surface area contributed by atoms with Crippen LogP contribution in [0, 0.1) is 0 Å². The van der Waals surface area contributed by atoms with Gasteiger partial charge in [-0.3, -0.25) is 4.79 Å². The van der Waals surface area contributed by atoms with Gasteiger partial charge in [0.05, 0.1) is 12.8 Å². The quantitative estimate of drug-likeness (QED) is 0.806. The Balaban J connectivity index is 2.16. The van der Waals surface area contributed by atoms with E-state index in [-0.39, 0.29) is 12.3 Å². The van der Waals surface area contributed by atoms with Gasteiger partial charge in [0.1, 0.15) is 12.4 Å². The van der Waals surface area contributed by atoms with E-state index in [1.165, 1.54) is 20.3 Å². The molecule has 0 unspecified atom stereocenters. The molecular weight excluding hydrogens is 262 g/mol. The van der Waals surface area contributed by atoms with E-state index in [1.807, 2.05) is 0 Å². The molecule has 2 aromatic rings. The molecule has 0 atom stereocenters. The Morgan fingerprint density at radius 1 is 1.40 bits per heavy atom. The van der Waals surface area contributed by atoms with Gasteiger partial charge in [-0.15, -0.1) is 0 Å². The van der Waals surface area contributed by atoms with Crippen molar-refractivity contribution in [3.8, 4) is 5.75 Å². The normalized spacial score (nSPS) is 10.3. The summed E-state index contributed by atoms with van der Waals surface area (Å²) >= 11 is 0. The highest BCUT2D eigenvalue weighted by molar-refractivity contribution is 6.03. The summed E-state index contributed by atoms with van der Waals surface area (Å²) in [6, 6.07) is 6.47. The van der Waals surface area contributed by atoms with Crippen LogP contribution in [0.5, 0.6) is 5.75 Å². The summed E-state index contributed by atoms with van der Waals surface area (Å²) in [5.74, 6) is 0.561. The highest BCUT2D eigenvalue weighted by Gasteiger charge is 2.14. The van der Waals surface area contributed by atoms with Crippen molar-refractivity contribution in [2.45, 2.75) is 6.61 Å². The van der Waals surface area contributed by atoms with Crippen LogP contribution in [0.1, 0.15) is 16.2 Å². The first-order chi connectivity index (χ1) is 9.63. The number of methoxy groups -OCH3 is 2. The number of aromatic nitrogens is 1. The number of rotatable bonds is 5. The fourth-order valence-corrected chi connectivity index (χ4v) is 1.64. The van der Waals surface area contributed by atoms with Crippen LogP contribution in [0.25, 0.3) is 0 Å². The van der Waals surface area contributed by atoms with Crippen LogP contribution in [0.2, 0.25) is 0 Å². The molecule has 0 aliphatic carbocycles. The van der Waals surface area contributed by atoms with Gasteiger partial charge in [0, 0.05) is 18.9 Å². The molecule has 7 heteroatoms. The summed E-state index contributed by atoms with van der Waals surface area (Å²) in [6.45, 7) is 0.252. The predicted octanol–water partition coefficient (Wildman–Crippen LogP) is 1.66. The zero-order valence-corrected chi connectivity index (χ0v) is 11.2. The van der Waals surface area contributed by atoms with E-state index in [4.69, 9.17) is 19.7 Å². The number of nitrogen functional groups attached to an aromatic ring is 1. The number of hydrogen-bond acceptors (Lipinski definition) is 6. The van der Waals surface area contributed by atoms with Gasteiger partial charge in [-0.25, -0.2) is 0 Å². The summed E-state index contributed by atoms with van der Waals surface area (Å²) < 4.78 is 15.0. The summed E-state index contributed by atoms with van der Waals surface area (Å²) in [7, 11) is 3.04. The van der Waals surface area contributed by atoms with Gasteiger partial charge in [0.2, 0.25) is 0 Å². The number of nitrogens with two attached hydrogens (primary N) is 1. The lowest BCUT2D eigenvalue weighted by atomic mass is 10.2. The predicted molar refractivity (Wildman–Crippen MR) is 72.6 cm³/mol. The van der Waals surface area contributed by atoms with Crippen LogP contribution < -0.4 is 15.8 Å². The van der Waals surface area contributed by atoms with E-state index in [0.29, 0.717) is 22.9 Å². The number of nitrogens with one attached hydrogen (secondary N) is 1. The van der Waals surface area contributed by atoms with Crippen molar-refractivity contribution in [3.05, 3.63) is 35.7 Å². The van der Waals surface area contributed by atoms with Gasteiger partial charge in [0.25, 0.3) is 5.91 Å². The molecule has 1 heterocycles. The highest BCUT2D eigenvalue weighted by atomic mass is 16.5. The van der Waals surface area contributed by atoms with Crippen molar-refractivity contribution in [1.82, 2.24) is 5.16 Å². The van der Waals surface area contributed by atoms with Gasteiger partial charge in [0.15, 0.2) is 11.5 Å². The summed E-state index contributed by atoms with van der Waals surface area (Å²) in [4.78, 5) is 12.0. The van der Waals surface area contributed by atoms with Gasteiger partial charge >= 0.3 is 0 Å². The molecule has 1 aromatic carbocycles. The summed E-state index contributed by atoms with van der Waals surface area (Å²) in [6.07, 6.45) is 0. The minimum absolute atomic E-state index is 0.154. The number of ether oxygens (including phenoxy) is 2. The largest absolute Gasteiger partial charge is 0.495 e. The third-order valence-electron chi connectivity index (χ3n) is 2.55. The Bertz CT molecular complexity index is 609. The van der Waals surface area contributed by atoms with Crippen molar-refractivity contribution in [1.29, 1.82) is 0 Å². The number of amides is 1. The Morgan fingerprint density at radius 2 is 2.20 bits per heavy atom. The second-order valence-electron chi connectivity index (χ2n) is 4.03. The second-order valence-corrected chi connectivity index (χ2v) is 4.03. The molecule has 0 saturated carbocycles. The number of hydrogen-bond donors (Lipinski definition) is 2. The molecule has 0 saturated heterocycles. The van der Waals surface area contributed by atoms with Crippen molar-refractivity contribution in [2.24, 2.45) is 0 Å². The first-order valence-corrected chi connectivity index (χ1v) is 5.83. The molecule has 0 spiro atoms. The number of nitrogens with zero attached hydrogens (tertiary/aromatic N) is 1. The first kappa shape index (κ1) is 13.9. The molecular formula is C13H15N3O4. The van der Waals surface area contributed by atoms with Crippen molar-refractivity contribution >= 4 is 17.3 Å². The van der Waals surface area contributed by atoms with Crippen molar-refractivity contribution < 1.29 is 18.8 Å². The van der Waals surface area contributed by atoms with Crippen LogP contribution in [0.15, 0.2) is 28.8 Å². The Kier molecular flexibility index (Phi) is 4.21. The standard InChI is InChI=1S/C13H15N3O4/c1-18-7-9-6-11(16-20-9)13(17)15-10-5-8(14)3-4-12(10)19-2/h3-6H,7,14H2,1-2H3,(H,15,17). The minimum Gasteiger partial charge on any atom is -0.495 e. The molecule has 0 radical (unpaired) electrons. The average Bonchev–Trinajstić information content (AvgIpc) is 2.88. The molecule has 3 N–H and O–H groups in total. The Hall–Kier alpha value is -2.54. The second kappa shape index (κ2) is 6.07. The summed E-state index contributed by atoms with van der Waals surface area (Å²) in [5, 5.41) is 6.34. The lowest BCUT2D eigenvalue weighted by Gasteiger charge is -2.09. The maximum absolute atomic E-state index is 12.0. The first-order valence-electron chi connectivity index (χ1n) is 5.83. The van der Waals surface area contributed by atoms with E-state index in [9.17, 15) is 4.79 Å². The van der Waals surface area contributed by atoms with E-state index < -0.39 is 5.91 Å². The maximum Gasteiger partial charge on any atom is 0.277 e. The van der Waals surface area contributed by atoms with Crippen LogP contribution >= 0.6 is 0 Å². The number of carbonyl (C=O) groups is 1. The van der Waals surface area contributed by atoms with Gasteiger partial charge in [-0.1, -0.05) is 5.16 Å². The minimum atomic E-state index is -0.417. The molecule has 0 bridgehead atoms. The van der Waals surface area contributed by atoms with Crippen molar-refractivity contribution in [3.63, 3.8) is 0 Å². The van der Waals surface area contributed by atoms with Crippen molar-refractivity contribution in [2.75, 3.05) is 25.3 Å². The number of anilines is 2. The van der Waals surface area contributed by atoms with Gasteiger partial charge in [-0.05, 0) is 18.2 Å². The lowest BCUT2D eigenvalue weighted by molar-refractivity contribution is 0.101. The van der Waals surface area contributed by atoms with Crippen LogP contribution in [0.3, 0.4) is 0 Å². The van der Waals surface area contributed by atoms with E-state index in [2.05, 4.69) is 10.5 Å². The molecule has 0 fully saturated rings. The topological polar surface area (TPSA) is 99.6 Å². The van der Waals surface area contributed by atoms with Gasteiger partial charge in [-0.2, -0.15) is 0 Å². The lowest BCUT2D eigenvalue weighted by Crippen LogP contribution is -2.13. The fraction of sp³-hybridized carbons (Fsp3) is 0.231. The monoisotopic (exact) mass is 277 g/mol. The maximum atomic E-state index is 12.0. The molecule has 0 aliphatic heterocycles. The molecule has 20 heavy (non-hydrogen) atoms. The van der Waals surface area contributed by atoms with E-state index >= 15 is 0 Å². The van der Waals surface area contributed by atoms with E-state index in [0.717, 1.165) is 0 Å². The van der Waals surface area contributed by atoms with E-state index in [1.54, 1.807) is 18.2 Å². The Labute approximate surface area is 115 Å². The number of carbonyl (C=O) groups excluding carboxylic acids is 1. The number of benzene rings is 1. The third-order valence-corrected chi connectivity index (χ3v) is 2.55. The van der Waals surface area contributed by atoms with Crippen LogP contribution in [0.4, 0.5) is 11.4 Å². The molecule has 2 rings (SSSR count). The van der Waals surface area contributed by atoms with Crippen LogP contribution in [-0.2, 0) is 11.3 Å². The van der Waals surface area contributed by atoms with Gasteiger partial charge < -0.3 is 25.0 Å². The molecule has 0 aliphatic rings. The molecule has 1 amide bonds. The average molecular weight is 277 g/mol. The summed E-state index contributed by atoms with van der Waals surface area (Å²) in [5.41, 5.74) is 6.82. The smallest absolute Gasteiger partial charge is 0.277 e. The zero-order chi connectivity index (χ0) is 14.5. The highest BCUT2D eigenvalue weighted by Crippen LogP contribution is 2.26.